The van der Waals surface area contributed by atoms with Crippen molar-refractivity contribution in [2.45, 2.75) is 123 Å². The molecule has 0 amide bonds. The Morgan fingerprint density at radius 3 is 1.04 bits per heavy atom. The fraction of sp³-hybridized carbons (Fsp3) is 0.826. The third kappa shape index (κ3) is 21.1. The molecule has 132 valence electrons. The minimum absolute atomic E-state index is 1.03. The Morgan fingerprint density at radius 2 is 0.696 bits per heavy atom. The first-order valence-corrected chi connectivity index (χ1v) is 10.4. The van der Waals surface area contributed by atoms with Crippen LogP contribution in [0, 0.1) is 23.7 Å². The van der Waals surface area contributed by atoms with Crippen LogP contribution in [0.1, 0.15) is 123 Å². The zero-order valence-corrected chi connectivity index (χ0v) is 16.0. The highest BCUT2D eigenvalue weighted by Gasteiger charge is 1.90. The smallest absolute Gasteiger partial charge is 0.00989 e. The Morgan fingerprint density at radius 1 is 0.391 bits per heavy atom. The van der Waals surface area contributed by atoms with Crippen LogP contribution in [0.25, 0.3) is 0 Å². The topological polar surface area (TPSA) is 0 Å². The number of rotatable bonds is 15. The van der Waals surface area contributed by atoms with Crippen LogP contribution in [-0.2, 0) is 0 Å². The molecular weight excluding hydrogens is 276 g/mol. The molecule has 0 aliphatic rings. The van der Waals surface area contributed by atoms with Crippen LogP contribution in [0.5, 0.6) is 0 Å². The molecule has 0 aromatic carbocycles. The van der Waals surface area contributed by atoms with Gasteiger partial charge in [-0.25, -0.2) is 0 Å². The summed E-state index contributed by atoms with van der Waals surface area (Å²) < 4.78 is 0. The van der Waals surface area contributed by atoms with E-state index < -0.39 is 0 Å². The lowest BCUT2D eigenvalue weighted by atomic mass is 10.1. The van der Waals surface area contributed by atoms with Crippen molar-refractivity contribution in [2.75, 3.05) is 0 Å². The van der Waals surface area contributed by atoms with Crippen LogP contribution in [0.2, 0.25) is 0 Å². The van der Waals surface area contributed by atoms with Gasteiger partial charge in [-0.3, -0.25) is 0 Å². The lowest BCUT2D eigenvalue weighted by molar-refractivity contribution is 0.579. The highest BCUT2D eigenvalue weighted by Crippen LogP contribution is 2.09. The molecule has 0 bridgehead atoms. The Labute approximate surface area is 147 Å². The first-order valence-electron chi connectivity index (χ1n) is 10.4. The number of hydrogen-bond acceptors (Lipinski definition) is 0. The molecule has 0 fully saturated rings. The van der Waals surface area contributed by atoms with E-state index in [1.54, 1.807) is 0 Å². The average Bonchev–Trinajstić information content (AvgIpc) is 2.57. The molecule has 23 heavy (non-hydrogen) atoms. The largest absolute Gasteiger partial charge is 0.0891 e. The predicted octanol–water partition coefficient (Wildman–Crippen LogP) is 7.66. The predicted molar refractivity (Wildman–Crippen MR) is 105 cm³/mol. The van der Waals surface area contributed by atoms with E-state index in [2.05, 4.69) is 37.5 Å². The van der Waals surface area contributed by atoms with Gasteiger partial charge in [-0.05, 0) is 24.7 Å². The number of unbranched alkanes of at least 4 members (excludes halogenated alkanes) is 15. The van der Waals surface area contributed by atoms with Gasteiger partial charge in [0.2, 0.25) is 0 Å². The molecule has 0 spiro atoms. The van der Waals surface area contributed by atoms with E-state index in [9.17, 15) is 0 Å². The van der Waals surface area contributed by atoms with Gasteiger partial charge in [-0.2, -0.15) is 0 Å². The fourth-order valence-corrected chi connectivity index (χ4v) is 2.73. The van der Waals surface area contributed by atoms with Crippen molar-refractivity contribution in [1.82, 2.24) is 0 Å². The first-order chi connectivity index (χ1) is 11.4. The molecule has 0 nitrogen and oxygen atoms in total. The molecule has 0 saturated carbocycles. The van der Waals surface area contributed by atoms with Crippen LogP contribution in [0.4, 0.5) is 0 Å². The van der Waals surface area contributed by atoms with Crippen molar-refractivity contribution in [1.29, 1.82) is 0 Å². The van der Waals surface area contributed by atoms with Crippen molar-refractivity contribution in [2.24, 2.45) is 0 Å². The second kappa shape index (κ2) is 21.1. The summed E-state index contributed by atoms with van der Waals surface area (Å²) in [4.78, 5) is 0. The summed E-state index contributed by atoms with van der Waals surface area (Å²) in [6.07, 6.45) is 22.5. The third-order valence-electron chi connectivity index (χ3n) is 4.30. The average molecular weight is 317 g/mol. The molecule has 0 atom stereocenters. The molecule has 0 saturated heterocycles. The van der Waals surface area contributed by atoms with Gasteiger partial charge < -0.3 is 0 Å². The maximum atomic E-state index is 3.20. The minimum Gasteiger partial charge on any atom is -0.0891 e. The van der Waals surface area contributed by atoms with Crippen LogP contribution in [0.15, 0.2) is 0 Å². The van der Waals surface area contributed by atoms with Crippen molar-refractivity contribution < 1.29 is 0 Å². The van der Waals surface area contributed by atoms with Crippen LogP contribution in [0.3, 0.4) is 0 Å². The Kier molecular flexibility index (Phi) is 20.3. The van der Waals surface area contributed by atoms with E-state index in [-0.39, 0.29) is 0 Å². The van der Waals surface area contributed by atoms with Gasteiger partial charge in [-0.1, -0.05) is 109 Å². The van der Waals surface area contributed by atoms with E-state index >= 15 is 0 Å². The standard InChI is InChI=1S/C23H40/c1-3-5-7-9-11-13-15-17-19-21-23-22-20-18-16-14-12-10-8-6-4-2/h3-19H2,1-2H3. The lowest BCUT2D eigenvalue weighted by Crippen LogP contribution is -1.80. The van der Waals surface area contributed by atoms with Crippen molar-refractivity contribution in [3.63, 3.8) is 0 Å². The van der Waals surface area contributed by atoms with Gasteiger partial charge >= 0.3 is 0 Å². The second-order valence-electron chi connectivity index (χ2n) is 6.70. The molecule has 0 aromatic rings. The zero-order chi connectivity index (χ0) is 16.8. The summed E-state index contributed by atoms with van der Waals surface area (Å²) in [6, 6.07) is 0. The Bertz CT molecular complexity index is 331. The Balaban J connectivity index is 3.23. The highest BCUT2D eigenvalue weighted by atomic mass is 14.0. The molecule has 0 aromatic heterocycles. The van der Waals surface area contributed by atoms with E-state index in [4.69, 9.17) is 0 Å². The molecule has 0 aliphatic heterocycles. The third-order valence-corrected chi connectivity index (χ3v) is 4.30. The van der Waals surface area contributed by atoms with Gasteiger partial charge in [0, 0.05) is 12.8 Å². The number of hydrogen-bond donors (Lipinski definition) is 0. The van der Waals surface area contributed by atoms with Crippen molar-refractivity contribution >= 4 is 0 Å². The highest BCUT2D eigenvalue weighted by molar-refractivity contribution is 5.25. The first kappa shape index (κ1) is 22.1. The monoisotopic (exact) mass is 316 g/mol. The minimum atomic E-state index is 1.03. The van der Waals surface area contributed by atoms with E-state index in [0.29, 0.717) is 0 Å². The quantitative estimate of drug-likeness (QED) is 0.215. The van der Waals surface area contributed by atoms with E-state index in [1.165, 1.54) is 96.3 Å². The molecule has 0 aliphatic carbocycles. The summed E-state index contributed by atoms with van der Waals surface area (Å²) in [5, 5.41) is 0. The molecular formula is C23H40. The van der Waals surface area contributed by atoms with Gasteiger partial charge in [0.25, 0.3) is 0 Å². The van der Waals surface area contributed by atoms with Gasteiger partial charge in [-0.15, -0.1) is 0 Å². The van der Waals surface area contributed by atoms with Crippen molar-refractivity contribution in [3.05, 3.63) is 0 Å². The molecule has 0 N–H and O–H groups in total. The SMILES string of the molecule is CCCCCCCCCC#CC#CCCCCCCCCCC. The lowest BCUT2D eigenvalue weighted by Gasteiger charge is -1.98. The zero-order valence-electron chi connectivity index (χ0n) is 16.0. The molecule has 0 rings (SSSR count). The van der Waals surface area contributed by atoms with Gasteiger partial charge in [0.05, 0.1) is 0 Å². The van der Waals surface area contributed by atoms with E-state index in [0.717, 1.165) is 12.8 Å². The second-order valence-corrected chi connectivity index (χ2v) is 6.70. The Hall–Kier alpha value is -0.880. The van der Waals surface area contributed by atoms with Crippen LogP contribution < -0.4 is 0 Å². The molecule has 0 heteroatoms. The van der Waals surface area contributed by atoms with Crippen molar-refractivity contribution in [3.8, 4) is 23.7 Å². The summed E-state index contributed by atoms with van der Waals surface area (Å²) >= 11 is 0. The molecule has 0 radical (unpaired) electrons. The maximum Gasteiger partial charge on any atom is 0.00989 e. The van der Waals surface area contributed by atoms with Gasteiger partial charge in [0.15, 0.2) is 0 Å². The van der Waals surface area contributed by atoms with Crippen LogP contribution in [-0.4, -0.2) is 0 Å². The summed E-state index contributed by atoms with van der Waals surface area (Å²) in [5.74, 6) is 12.4. The summed E-state index contributed by atoms with van der Waals surface area (Å²) in [7, 11) is 0. The van der Waals surface area contributed by atoms with E-state index in [1.807, 2.05) is 0 Å². The molecule has 0 unspecified atom stereocenters. The summed E-state index contributed by atoms with van der Waals surface area (Å²) in [6.45, 7) is 4.54. The molecule has 0 heterocycles. The normalized spacial score (nSPS) is 9.83. The van der Waals surface area contributed by atoms with Gasteiger partial charge in [0.1, 0.15) is 0 Å². The maximum absolute atomic E-state index is 3.20. The fourth-order valence-electron chi connectivity index (χ4n) is 2.73. The summed E-state index contributed by atoms with van der Waals surface area (Å²) in [5.41, 5.74) is 0. The van der Waals surface area contributed by atoms with Crippen LogP contribution >= 0.6 is 0 Å².